The van der Waals surface area contributed by atoms with Gasteiger partial charge < -0.3 is 10.8 Å². The second-order valence-electron chi connectivity index (χ2n) is 5.31. The average molecular weight is 302 g/mol. The minimum Gasteiger partial charge on any atom is -0.508 e. The van der Waals surface area contributed by atoms with Crippen LogP contribution in [0.25, 0.3) is 27.7 Å². The van der Waals surface area contributed by atoms with E-state index in [-0.39, 0.29) is 5.75 Å². The van der Waals surface area contributed by atoms with Crippen LogP contribution in [0.1, 0.15) is 0 Å². The molecule has 1 aromatic heterocycles. The highest BCUT2D eigenvalue weighted by Gasteiger charge is 2.13. The summed E-state index contributed by atoms with van der Waals surface area (Å²) in [5.74, 6) is 0.660. The maximum atomic E-state index is 9.38. The summed E-state index contributed by atoms with van der Waals surface area (Å²) in [4.78, 5) is 0. The van der Waals surface area contributed by atoms with Crippen LogP contribution in [-0.4, -0.2) is 20.1 Å². The van der Waals surface area contributed by atoms with Crippen molar-refractivity contribution in [3.63, 3.8) is 0 Å². The molecule has 0 aliphatic carbocycles. The average Bonchev–Trinajstić information content (AvgIpc) is 2.97. The van der Waals surface area contributed by atoms with Crippen LogP contribution in [0.5, 0.6) is 5.75 Å². The van der Waals surface area contributed by atoms with Crippen LogP contribution in [0.4, 0.5) is 5.82 Å². The lowest BCUT2D eigenvalue weighted by Gasteiger charge is -2.04. The Hall–Kier alpha value is -3.34. The zero-order valence-corrected chi connectivity index (χ0v) is 12.2. The quantitative estimate of drug-likeness (QED) is 0.595. The lowest BCUT2D eigenvalue weighted by atomic mass is 10.1. The number of aromatic hydroxyl groups is 1. The molecule has 0 bridgehead atoms. The maximum absolute atomic E-state index is 9.38. The van der Waals surface area contributed by atoms with Gasteiger partial charge in [-0.25, -0.2) is 0 Å². The summed E-state index contributed by atoms with van der Waals surface area (Å²) >= 11 is 0. The van der Waals surface area contributed by atoms with Crippen LogP contribution in [0.3, 0.4) is 0 Å². The summed E-state index contributed by atoms with van der Waals surface area (Å²) in [6.07, 6.45) is 0. The van der Waals surface area contributed by atoms with Crippen molar-refractivity contribution in [1.82, 2.24) is 15.0 Å². The van der Waals surface area contributed by atoms with Gasteiger partial charge in [0.2, 0.25) is 0 Å². The van der Waals surface area contributed by atoms with Crippen LogP contribution < -0.4 is 5.73 Å². The number of phenols is 1. The standard InChI is InChI=1S/C18H14N4O/c19-18-17(14-6-5-12-3-1-2-4-13(12)11-14)20-21-22(18)15-7-9-16(23)10-8-15/h1-11,23H,19H2. The fourth-order valence-electron chi connectivity index (χ4n) is 2.62. The zero-order valence-electron chi connectivity index (χ0n) is 12.2. The summed E-state index contributed by atoms with van der Waals surface area (Å²) in [7, 11) is 0. The minimum atomic E-state index is 0.196. The highest BCUT2D eigenvalue weighted by atomic mass is 16.3. The second kappa shape index (κ2) is 5.14. The number of nitrogens with two attached hydrogens (primary N) is 1. The number of hydrogen-bond donors (Lipinski definition) is 2. The van der Waals surface area contributed by atoms with Crippen LogP contribution in [-0.2, 0) is 0 Å². The van der Waals surface area contributed by atoms with E-state index >= 15 is 0 Å². The first-order chi connectivity index (χ1) is 11.2. The molecule has 4 rings (SSSR count). The third kappa shape index (κ3) is 2.28. The molecule has 112 valence electrons. The number of aromatic nitrogens is 3. The van der Waals surface area contributed by atoms with E-state index in [1.165, 1.54) is 5.39 Å². The fraction of sp³-hybridized carbons (Fsp3) is 0. The maximum Gasteiger partial charge on any atom is 0.155 e. The molecule has 5 heteroatoms. The fourth-order valence-corrected chi connectivity index (χ4v) is 2.62. The molecule has 0 amide bonds. The Balaban J connectivity index is 1.81. The molecular weight excluding hydrogens is 288 g/mol. The molecule has 0 aliphatic heterocycles. The highest BCUT2D eigenvalue weighted by Crippen LogP contribution is 2.28. The molecule has 3 aromatic carbocycles. The number of phenolic OH excluding ortho intramolecular Hbond substituents is 1. The Morgan fingerprint density at radius 1 is 0.870 bits per heavy atom. The topological polar surface area (TPSA) is 77.0 Å². The zero-order chi connectivity index (χ0) is 15.8. The van der Waals surface area contributed by atoms with Crippen molar-refractivity contribution in [2.24, 2.45) is 0 Å². The third-order valence-electron chi connectivity index (χ3n) is 3.82. The summed E-state index contributed by atoms with van der Waals surface area (Å²) in [6, 6.07) is 20.9. The van der Waals surface area contributed by atoms with E-state index in [4.69, 9.17) is 5.73 Å². The molecule has 5 nitrogen and oxygen atoms in total. The summed E-state index contributed by atoms with van der Waals surface area (Å²) < 4.78 is 1.56. The molecule has 0 saturated heterocycles. The summed E-state index contributed by atoms with van der Waals surface area (Å²) in [5.41, 5.74) is 8.54. The first kappa shape index (κ1) is 13.3. The highest BCUT2D eigenvalue weighted by molar-refractivity contribution is 5.88. The van der Waals surface area contributed by atoms with Gasteiger partial charge >= 0.3 is 0 Å². The Morgan fingerprint density at radius 2 is 1.61 bits per heavy atom. The molecule has 4 aromatic rings. The molecule has 0 aliphatic rings. The predicted octanol–water partition coefficient (Wildman–Crippen LogP) is 3.38. The van der Waals surface area contributed by atoms with E-state index in [1.54, 1.807) is 28.9 Å². The van der Waals surface area contributed by atoms with E-state index in [9.17, 15) is 5.11 Å². The van der Waals surface area contributed by atoms with Crippen molar-refractivity contribution >= 4 is 16.6 Å². The van der Waals surface area contributed by atoms with E-state index in [0.717, 1.165) is 16.6 Å². The summed E-state index contributed by atoms with van der Waals surface area (Å²) in [6.45, 7) is 0. The second-order valence-corrected chi connectivity index (χ2v) is 5.31. The number of nitrogen functional groups attached to an aromatic ring is 1. The number of rotatable bonds is 2. The van der Waals surface area contributed by atoms with Crippen LogP contribution >= 0.6 is 0 Å². The van der Waals surface area contributed by atoms with Gasteiger partial charge in [-0.15, -0.1) is 5.10 Å². The molecule has 23 heavy (non-hydrogen) atoms. The van der Waals surface area contributed by atoms with Gasteiger partial charge in [0.25, 0.3) is 0 Å². The van der Waals surface area contributed by atoms with Gasteiger partial charge in [-0.05, 0) is 41.1 Å². The molecule has 0 fully saturated rings. The molecule has 0 atom stereocenters. The minimum absolute atomic E-state index is 0.196. The third-order valence-corrected chi connectivity index (χ3v) is 3.82. The van der Waals surface area contributed by atoms with Gasteiger partial charge in [0.1, 0.15) is 11.4 Å². The van der Waals surface area contributed by atoms with Crippen molar-refractivity contribution in [3.05, 3.63) is 66.7 Å². The monoisotopic (exact) mass is 302 g/mol. The van der Waals surface area contributed by atoms with Gasteiger partial charge in [0, 0.05) is 5.56 Å². The Morgan fingerprint density at radius 3 is 2.39 bits per heavy atom. The molecule has 0 radical (unpaired) electrons. The van der Waals surface area contributed by atoms with E-state index in [2.05, 4.69) is 28.5 Å². The van der Waals surface area contributed by atoms with Crippen LogP contribution in [0, 0.1) is 0 Å². The Labute approximate surface area is 132 Å². The number of hydrogen-bond acceptors (Lipinski definition) is 4. The van der Waals surface area contributed by atoms with Crippen molar-refractivity contribution in [1.29, 1.82) is 0 Å². The molecule has 0 spiro atoms. The largest absolute Gasteiger partial charge is 0.508 e. The first-order valence-electron chi connectivity index (χ1n) is 7.22. The van der Waals surface area contributed by atoms with Gasteiger partial charge in [0.15, 0.2) is 5.82 Å². The van der Waals surface area contributed by atoms with E-state index < -0.39 is 0 Å². The van der Waals surface area contributed by atoms with Gasteiger partial charge in [0.05, 0.1) is 5.69 Å². The molecular formula is C18H14N4O. The van der Waals surface area contributed by atoms with Crippen molar-refractivity contribution in [3.8, 4) is 22.7 Å². The van der Waals surface area contributed by atoms with Crippen molar-refractivity contribution in [2.45, 2.75) is 0 Å². The van der Waals surface area contributed by atoms with Gasteiger partial charge in [-0.2, -0.15) is 4.68 Å². The first-order valence-corrected chi connectivity index (χ1v) is 7.22. The lowest BCUT2D eigenvalue weighted by molar-refractivity contribution is 0.475. The number of anilines is 1. The van der Waals surface area contributed by atoms with E-state index in [0.29, 0.717) is 11.5 Å². The van der Waals surface area contributed by atoms with E-state index in [1.807, 2.05) is 24.3 Å². The molecule has 1 heterocycles. The van der Waals surface area contributed by atoms with Crippen LogP contribution in [0.2, 0.25) is 0 Å². The normalized spacial score (nSPS) is 11.0. The molecule has 3 N–H and O–H groups in total. The number of benzene rings is 3. The van der Waals surface area contributed by atoms with Crippen LogP contribution in [0.15, 0.2) is 66.7 Å². The SMILES string of the molecule is Nc1c(-c2ccc3ccccc3c2)nnn1-c1ccc(O)cc1. The lowest BCUT2D eigenvalue weighted by Crippen LogP contribution is -2.02. The number of fused-ring (bicyclic) bond motifs is 1. The van der Waals surface area contributed by atoms with Gasteiger partial charge in [-0.3, -0.25) is 0 Å². The number of nitrogens with zero attached hydrogens (tertiary/aromatic N) is 3. The van der Waals surface area contributed by atoms with Crippen molar-refractivity contribution in [2.75, 3.05) is 5.73 Å². The predicted molar refractivity (Wildman–Crippen MR) is 90.4 cm³/mol. The Kier molecular flexibility index (Phi) is 2.98. The smallest absolute Gasteiger partial charge is 0.155 e. The van der Waals surface area contributed by atoms with Gasteiger partial charge in [-0.1, -0.05) is 41.6 Å². The molecule has 0 unspecified atom stereocenters. The van der Waals surface area contributed by atoms with Crippen molar-refractivity contribution < 1.29 is 5.11 Å². The molecule has 0 saturated carbocycles. The summed E-state index contributed by atoms with van der Waals surface area (Å²) in [5, 5.41) is 20.0. The Bertz CT molecular complexity index is 990.